The molecule has 1 atom stereocenters. The van der Waals surface area contributed by atoms with E-state index < -0.39 is 9.84 Å². The normalized spacial score (nSPS) is 16.6. The van der Waals surface area contributed by atoms with Gasteiger partial charge in [0, 0.05) is 19.0 Å². The van der Waals surface area contributed by atoms with Gasteiger partial charge in [-0.05, 0) is 54.8 Å². The van der Waals surface area contributed by atoms with Crippen molar-refractivity contribution < 1.29 is 17.9 Å². The van der Waals surface area contributed by atoms with Crippen LogP contribution in [-0.4, -0.2) is 41.2 Å². The van der Waals surface area contributed by atoms with E-state index in [2.05, 4.69) is 22.0 Å². The first-order valence-corrected chi connectivity index (χ1v) is 11.3. The monoisotopic (exact) mass is 417 g/mol. The number of rotatable bonds is 7. The molecule has 1 aliphatic rings. The maximum atomic E-state index is 11.9. The first kappa shape index (κ1) is 21.0. The summed E-state index contributed by atoms with van der Waals surface area (Å²) < 4.78 is 34.7. The van der Waals surface area contributed by atoms with Crippen LogP contribution >= 0.6 is 0 Å². The minimum Gasteiger partial charge on any atom is -0.495 e. The number of aryl methyl sites for hydroxylation is 1. The average molecular weight is 418 g/mol. The Bertz CT molecular complexity index is 1020. The second-order valence-electron chi connectivity index (χ2n) is 6.84. The van der Waals surface area contributed by atoms with Crippen LogP contribution in [0.25, 0.3) is 5.57 Å². The van der Waals surface area contributed by atoms with Gasteiger partial charge < -0.3 is 20.1 Å². The number of benzene rings is 2. The third-order valence-corrected chi connectivity index (χ3v) is 5.79. The second-order valence-corrected chi connectivity index (χ2v) is 8.86. The lowest BCUT2D eigenvalue weighted by Gasteiger charge is -2.28. The summed E-state index contributed by atoms with van der Waals surface area (Å²) in [5, 5.41) is 9.86. The molecule has 1 heterocycles. The predicted molar refractivity (Wildman–Crippen MR) is 115 cm³/mol. The Labute approximate surface area is 172 Å². The molecule has 0 bridgehead atoms. The molecule has 0 aliphatic carbocycles. The molecule has 0 spiro atoms. The molecule has 0 saturated carbocycles. The Balaban J connectivity index is 1.76. The second kappa shape index (κ2) is 8.75. The molecule has 0 radical (unpaired) electrons. The lowest BCUT2D eigenvalue weighted by Crippen LogP contribution is -2.49. The van der Waals surface area contributed by atoms with E-state index in [-0.39, 0.29) is 11.2 Å². The zero-order chi connectivity index (χ0) is 21.0. The number of methoxy groups -OCH3 is 1. The summed E-state index contributed by atoms with van der Waals surface area (Å²) in [5.74, 6) is 1.45. The van der Waals surface area contributed by atoms with Crippen molar-refractivity contribution in [2.75, 3.05) is 31.8 Å². The number of hydrogen-bond acceptors (Lipinski definition) is 7. The van der Waals surface area contributed by atoms with Crippen molar-refractivity contribution in [3.05, 3.63) is 53.7 Å². The highest BCUT2D eigenvalue weighted by Gasteiger charge is 2.18. The van der Waals surface area contributed by atoms with Crippen LogP contribution < -0.4 is 25.4 Å². The average Bonchev–Trinajstić information content (AvgIpc) is 2.70. The molecule has 0 amide bonds. The molecule has 0 fully saturated rings. The zero-order valence-corrected chi connectivity index (χ0v) is 17.9. The van der Waals surface area contributed by atoms with Gasteiger partial charge in [0.25, 0.3) is 0 Å². The quantitative estimate of drug-likeness (QED) is 0.638. The Morgan fingerprint density at radius 3 is 2.59 bits per heavy atom. The summed E-state index contributed by atoms with van der Waals surface area (Å²) in [6, 6.07) is 10.9. The SMILES string of the molecule is CCOc1cc(C2=CNC(Nc3cc(S(C)(=O)=O)ccc3OC)NC2)ccc1C. The van der Waals surface area contributed by atoms with Crippen LogP contribution in [0.3, 0.4) is 0 Å². The molecule has 1 aliphatic heterocycles. The topological polar surface area (TPSA) is 88.7 Å². The third-order valence-electron chi connectivity index (χ3n) is 4.68. The largest absolute Gasteiger partial charge is 0.495 e. The van der Waals surface area contributed by atoms with Crippen molar-refractivity contribution in [2.24, 2.45) is 0 Å². The molecule has 0 aromatic heterocycles. The van der Waals surface area contributed by atoms with Crippen LogP contribution in [0.2, 0.25) is 0 Å². The van der Waals surface area contributed by atoms with E-state index in [1.807, 2.05) is 32.2 Å². The number of nitrogens with one attached hydrogen (secondary N) is 3. The molecule has 1 unspecified atom stereocenters. The number of hydrogen-bond donors (Lipinski definition) is 3. The Morgan fingerprint density at radius 1 is 1.17 bits per heavy atom. The van der Waals surface area contributed by atoms with Crippen molar-refractivity contribution in [1.29, 1.82) is 0 Å². The van der Waals surface area contributed by atoms with Crippen molar-refractivity contribution in [1.82, 2.24) is 10.6 Å². The van der Waals surface area contributed by atoms with Crippen LogP contribution in [0.15, 0.2) is 47.5 Å². The van der Waals surface area contributed by atoms with E-state index in [0.29, 0.717) is 24.6 Å². The van der Waals surface area contributed by atoms with Crippen LogP contribution in [0.1, 0.15) is 18.1 Å². The van der Waals surface area contributed by atoms with Crippen molar-refractivity contribution in [3.8, 4) is 11.5 Å². The maximum Gasteiger partial charge on any atom is 0.175 e. The molecule has 8 heteroatoms. The molecular weight excluding hydrogens is 390 g/mol. The fourth-order valence-electron chi connectivity index (χ4n) is 3.08. The smallest absolute Gasteiger partial charge is 0.175 e. The van der Waals surface area contributed by atoms with Crippen LogP contribution in [0.5, 0.6) is 11.5 Å². The Hall–Kier alpha value is -2.71. The van der Waals surface area contributed by atoms with Gasteiger partial charge in [0.05, 0.1) is 24.3 Å². The van der Waals surface area contributed by atoms with Crippen molar-refractivity contribution >= 4 is 21.1 Å². The molecule has 3 N–H and O–H groups in total. The molecule has 2 aromatic rings. The highest BCUT2D eigenvalue weighted by Crippen LogP contribution is 2.29. The van der Waals surface area contributed by atoms with Gasteiger partial charge in [-0.3, -0.25) is 5.32 Å². The molecule has 3 rings (SSSR count). The lowest BCUT2D eigenvalue weighted by atomic mass is 10.0. The number of sulfone groups is 1. The molecule has 7 nitrogen and oxygen atoms in total. The summed E-state index contributed by atoms with van der Waals surface area (Å²) in [6.45, 7) is 5.25. The van der Waals surface area contributed by atoms with E-state index in [1.54, 1.807) is 19.2 Å². The fourth-order valence-corrected chi connectivity index (χ4v) is 3.73. The first-order valence-electron chi connectivity index (χ1n) is 9.38. The Kier molecular flexibility index (Phi) is 6.34. The van der Waals surface area contributed by atoms with Crippen LogP contribution in [0, 0.1) is 6.92 Å². The zero-order valence-electron chi connectivity index (χ0n) is 17.1. The number of anilines is 1. The van der Waals surface area contributed by atoms with Crippen molar-refractivity contribution in [2.45, 2.75) is 25.0 Å². The fraction of sp³-hybridized carbons (Fsp3) is 0.333. The van der Waals surface area contributed by atoms with E-state index in [0.717, 1.165) is 22.4 Å². The molecule has 2 aromatic carbocycles. The van der Waals surface area contributed by atoms with Crippen LogP contribution in [0.4, 0.5) is 5.69 Å². The highest BCUT2D eigenvalue weighted by molar-refractivity contribution is 7.90. The van der Waals surface area contributed by atoms with Gasteiger partial charge in [-0.1, -0.05) is 12.1 Å². The van der Waals surface area contributed by atoms with E-state index in [1.165, 1.54) is 12.3 Å². The molecular formula is C21H27N3O4S. The summed E-state index contributed by atoms with van der Waals surface area (Å²) in [6.07, 6.45) is 2.85. The predicted octanol–water partition coefficient (Wildman–Crippen LogP) is 2.74. The Morgan fingerprint density at radius 2 is 1.97 bits per heavy atom. The van der Waals surface area contributed by atoms with Crippen LogP contribution in [-0.2, 0) is 9.84 Å². The van der Waals surface area contributed by atoms with Gasteiger partial charge in [0.2, 0.25) is 0 Å². The van der Waals surface area contributed by atoms with E-state index in [4.69, 9.17) is 9.47 Å². The van der Waals surface area contributed by atoms with Crippen molar-refractivity contribution in [3.63, 3.8) is 0 Å². The lowest BCUT2D eigenvalue weighted by molar-refractivity contribution is 0.338. The van der Waals surface area contributed by atoms with E-state index >= 15 is 0 Å². The summed E-state index contributed by atoms with van der Waals surface area (Å²) in [7, 11) is -1.76. The van der Waals surface area contributed by atoms with Gasteiger partial charge in [-0.2, -0.15) is 0 Å². The van der Waals surface area contributed by atoms with Gasteiger partial charge in [-0.15, -0.1) is 0 Å². The minimum absolute atomic E-state index is 0.232. The summed E-state index contributed by atoms with van der Waals surface area (Å²) in [4.78, 5) is 0.232. The van der Waals surface area contributed by atoms with E-state index in [9.17, 15) is 8.42 Å². The first-order chi connectivity index (χ1) is 13.8. The standard InChI is InChI=1S/C21H27N3O4S/c1-5-28-20-10-15(7-6-14(20)2)16-12-22-21(23-13-16)24-18-11-17(29(4,25)26)8-9-19(18)27-3/h6-12,21-24H,5,13H2,1-4H3. The third kappa shape index (κ3) is 5.02. The van der Waals surface area contributed by atoms with Gasteiger partial charge >= 0.3 is 0 Å². The minimum atomic E-state index is -3.31. The molecule has 0 saturated heterocycles. The molecule has 156 valence electrons. The van der Waals surface area contributed by atoms with Gasteiger partial charge in [0.15, 0.2) is 16.1 Å². The molecule has 29 heavy (non-hydrogen) atoms. The highest BCUT2D eigenvalue weighted by atomic mass is 32.2. The van der Waals surface area contributed by atoms with Gasteiger partial charge in [-0.25, -0.2) is 8.42 Å². The maximum absolute atomic E-state index is 11.9. The summed E-state index contributed by atoms with van der Waals surface area (Å²) in [5.41, 5.74) is 3.87. The van der Waals surface area contributed by atoms with Gasteiger partial charge in [0.1, 0.15) is 11.5 Å². The number of ether oxygens (including phenoxy) is 2. The summed E-state index contributed by atoms with van der Waals surface area (Å²) >= 11 is 0.